The fourth-order valence-corrected chi connectivity index (χ4v) is 2.31. The number of amides is 1. The Morgan fingerprint density at radius 1 is 1.15 bits per heavy atom. The van der Waals surface area contributed by atoms with Crippen LogP contribution in [0.5, 0.6) is 0 Å². The van der Waals surface area contributed by atoms with Gasteiger partial charge >= 0.3 is 0 Å². The van der Waals surface area contributed by atoms with E-state index in [0.29, 0.717) is 5.69 Å². The van der Waals surface area contributed by atoms with Gasteiger partial charge in [0.15, 0.2) is 0 Å². The largest absolute Gasteiger partial charge is 0.347 e. The molecule has 0 bridgehead atoms. The average Bonchev–Trinajstić information content (AvgIpc) is 2.45. The van der Waals surface area contributed by atoms with Crippen LogP contribution in [0, 0.1) is 0 Å². The first-order valence-electron chi connectivity index (χ1n) is 5.69. The van der Waals surface area contributed by atoms with Crippen LogP contribution in [-0.4, -0.2) is 19.3 Å². The van der Waals surface area contributed by atoms with E-state index < -0.39 is 9.05 Å². The predicted octanol–water partition coefficient (Wildman–Crippen LogP) is 1.94. The molecule has 2 aromatic rings. The molecular weight excluding hydrogens is 300 g/mol. The third-order valence-electron chi connectivity index (χ3n) is 2.56. The first kappa shape index (κ1) is 14.5. The SMILES string of the molecule is O=C(NCc1ccc(S(=O)(=O)Cl)cc1)c1ccccn1. The van der Waals surface area contributed by atoms with Gasteiger partial charge in [0.05, 0.1) is 4.90 Å². The van der Waals surface area contributed by atoms with Crippen LogP contribution in [0.1, 0.15) is 16.1 Å². The van der Waals surface area contributed by atoms with Crippen molar-refractivity contribution in [3.63, 3.8) is 0 Å². The number of pyridine rings is 1. The number of benzene rings is 1. The van der Waals surface area contributed by atoms with E-state index in [1.165, 1.54) is 18.3 Å². The maximum Gasteiger partial charge on any atom is 0.270 e. The van der Waals surface area contributed by atoms with Gasteiger partial charge in [0.2, 0.25) is 0 Å². The van der Waals surface area contributed by atoms with Crippen molar-refractivity contribution in [3.8, 4) is 0 Å². The van der Waals surface area contributed by atoms with Crippen LogP contribution < -0.4 is 5.32 Å². The highest BCUT2D eigenvalue weighted by Crippen LogP contribution is 2.15. The van der Waals surface area contributed by atoms with E-state index in [4.69, 9.17) is 10.7 Å². The molecule has 0 atom stereocenters. The van der Waals surface area contributed by atoms with Gasteiger partial charge in [-0.3, -0.25) is 9.78 Å². The topological polar surface area (TPSA) is 76.1 Å². The Bertz CT molecular complexity index is 700. The maximum absolute atomic E-state index is 11.8. The van der Waals surface area contributed by atoms with Gasteiger partial charge in [0.1, 0.15) is 5.69 Å². The Morgan fingerprint density at radius 2 is 1.85 bits per heavy atom. The summed E-state index contributed by atoms with van der Waals surface area (Å²) in [7, 11) is 1.49. The highest BCUT2D eigenvalue weighted by Gasteiger charge is 2.09. The molecule has 7 heteroatoms. The lowest BCUT2D eigenvalue weighted by Crippen LogP contribution is -2.23. The summed E-state index contributed by atoms with van der Waals surface area (Å²) < 4.78 is 22.2. The zero-order chi connectivity index (χ0) is 14.6. The molecule has 104 valence electrons. The van der Waals surface area contributed by atoms with Gasteiger partial charge in [-0.1, -0.05) is 18.2 Å². The van der Waals surface area contributed by atoms with Gasteiger partial charge in [-0.25, -0.2) is 8.42 Å². The lowest BCUT2D eigenvalue weighted by molar-refractivity contribution is 0.0946. The molecule has 1 amide bonds. The van der Waals surface area contributed by atoms with Crippen LogP contribution in [-0.2, 0) is 15.6 Å². The van der Waals surface area contributed by atoms with Gasteiger partial charge in [0, 0.05) is 23.4 Å². The third kappa shape index (κ3) is 3.79. The molecule has 0 spiro atoms. The molecule has 1 aromatic heterocycles. The monoisotopic (exact) mass is 310 g/mol. The number of nitrogens with one attached hydrogen (secondary N) is 1. The van der Waals surface area contributed by atoms with Crippen molar-refractivity contribution in [2.75, 3.05) is 0 Å². The number of aromatic nitrogens is 1. The number of nitrogens with zero attached hydrogens (tertiary/aromatic N) is 1. The van der Waals surface area contributed by atoms with Crippen molar-refractivity contribution in [1.29, 1.82) is 0 Å². The van der Waals surface area contributed by atoms with Crippen LogP contribution in [0.4, 0.5) is 0 Å². The standard InChI is InChI=1S/C13H11ClN2O3S/c14-20(18,19)11-6-4-10(5-7-11)9-16-13(17)12-3-1-2-8-15-12/h1-8H,9H2,(H,16,17). The number of halogens is 1. The molecule has 0 aliphatic carbocycles. The molecule has 0 aliphatic rings. The minimum Gasteiger partial charge on any atom is -0.347 e. The van der Waals surface area contributed by atoms with Crippen molar-refractivity contribution in [3.05, 3.63) is 59.9 Å². The normalized spacial score (nSPS) is 11.1. The molecule has 2 rings (SSSR count). The summed E-state index contributed by atoms with van der Waals surface area (Å²) in [6, 6.07) is 11.0. The molecule has 0 saturated carbocycles. The van der Waals surface area contributed by atoms with Crippen LogP contribution >= 0.6 is 10.7 Å². The summed E-state index contributed by atoms with van der Waals surface area (Å²) in [6.07, 6.45) is 1.54. The summed E-state index contributed by atoms with van der Waals surface area (Å²) in [5.41, 5.74) is 1.09. The van der Waals surface area contributed by atoms with Gasteiger partial charge < -0.3 is 5.32 Å². The number of carbonyl (C=O) groups is 1. The molecular formula is C13H11ClN2O3S. The van der Waals surface area contributed by atoms with E-state index in [2.05, 4.69) is 10.3 Å². The molecule has 1 aromatic carbocycles. The third-order valence-corrected chi connectivity index (χ3v) is 3.93. The first-order valence-corrected chi connectivity index (χ1v) is 8.00. The van der Waals surface area contributed by atoms with Crippen molar-refractivity contribution in [2.24, 2.45) is 0 Å². The van der Waals surface area contributed by atoms with E-state index in [-0.39, 0.29) is 17.3 Å². The van der Waals surface area contributed by atoms with E-state index in [0.717, 1.165) is 5.56 Å². The lowest BCUT2D eigenvalue weighted by atomic mass is 10.2. The van der Waals surface area contributed by atoms with Crippen molar-refractivity contribution < 1.29 is 13.2 Å². The smallest absolute Gasteiger partial charge is 0.270 e. The van der Waals surface area contributed by atoms with Crippen LogP contribution in [0.25, 0.3) is 0 Å². The lowest BCUT2D eigenvalue weighted by Gasteiger charge is -2.05. The maximum atomic E-state index is 11.8. The second kappa shape index (κ2) is 6.02. The average molecular weight is 311 g/mol. The van der Waals surface area contributed by atoms with Crippen molar-refractivity contribution in [2.45, 2.75) is 11.4 Å². The molecule has 1 heterocycles. The Morgan fingerprint density at radius 3 is 2.40 bits per heavy atom. The Balaban J connectivity index is 2.00. The molecule has 0 saturated heterocycles. The number of hydrogen-bond donors (Lipinski definition) is 1. The van der Waals surface area contributed by atoms with Crippen LogP contribution in [0.3, 0.4) is 0 Å². The van der Waals surface area contributed by atoms with E-state index in [1.54, 1.807) is 30.3 Å². The molecule has 20 heavy (non-hydrogen) atoms. The minimum absolute atomic E-state index is 0.0268. The zero-order valence-corrected chi connectivity index (χ0v) is 11.9. The second-order valence-electron chi connectivity index (χ2n) is 3.98. The van der Waals surface area contributed by atoms with E-state index in [1.807, 2.05) is 0 Å². The van der Waals surface area contributed by atoms with E-state index in [9.17, 15) is 13.2 Å². The highest BCUT2D eigenvalue weighted by molar-refractivity contribution is 8.13. The molecule has 0 aliphatic heterocycles. The summed E-state index contributed by atoms with van der Waals surface area (Å²) in [5.74, 6) is -0.292. The number of hydrogen-bond acceptors (Lipinski definition) is 4. The Hall–Kier alpha value is -1.92. The summed E-state index contributed by atoms with van der Waals surface area (Å²) in [5, 5.41) is 2.69. The fourth-order valence-electron chi connectivity index (χ4n) is 1.54. The van der Waals surface area contributed by atoms with Gasteiger partial charge in [-0.2, -0.15) is 0 Å². The zero-order valence-electron chi connectivity index (χ0n) is 10.3. The highest BCUT2D eigenvalue weighted by atomic mass is 35.7. The van der Waals surface area contributed by atoms with Crippen molar-refractivity contribution >= 4 is 25.6 Å². The van der Waals surface area contributed by atoms with Crippen molar-refractivity contribution in [1.82, 2.24) is 10.3 Å². The molecule has 5 nitrogen and oxygen atoms in total. The van der Waals surface area contributed by atoms with Crippen LogP contribution in [0.15, 0.2) is 53.6 Å². The Kier molecular flexibility index (Phi) is 4.36. The minimum atomic E-state index is -3.72. The van der Waals surface area contributed by atoms with E-state index >= 15 is 0 Å². The number of rotatable bonds is 4. The first-order chi connectivity index (χ1) is 9.47. The number of carbonyl (C=O) groups excluding carboxylic acids is 1. The fraction of sp³-hybridized carbons (Fsp3) is 0.0769. The predicted molar refractivity (Wildman–Crippen MR) is 74.9 cm³/mol. The van der Waals surface area contributed by atoms with Gasteiger partial charge in [0.25, 0.3) is 15.0 Å². The molecule has 0 radical (unpaired) electrons. The second-order valence-corrected chi connectivity index (χ2v) is 6.55. The quantitative estimate of drug-likeness (QED) is 0.876. The van der Waals surface area contributed by atoms with Gasteiger partial charge in [-0.15, -0.1) is 0 Å². The molecule has 1 N–H and O–H groups in total. The molecule has 0 unspecified atom stereocenters. The van der Waals surface area contributed by atoms with Crippen LogP contribution in [0.2, 0.25) is 0 Å². The molecule has 0 fully saturated rings. The summed E-state index contributed by atoms with van der Waals surface area (Å²) in [4.78, 5) is 15.7. The summed E-state index contributed by atoms with van der Waals surface area (Å²) >= 11 is 0. The summed E-state index contributed by atoms with van der Waals surface area (Å²) in [6.45, 7) is 0.276. The Labute approximate surface area is 121 Å². The van der Waals surface area contributed by atoms with Gasteiger partial charge in [-0.05, 0) is 29.8 Å².